The molecule has 2 nitrogen and oxygen atoms in total. The van der Waals surface area contributed by atoms with Crippen LogP contribution < -0.4 is 0 Å². The lowest BCUT2D eigenvalue weighted by Gasteiger charge is -2.27. The molecule has 2 aromatic rings. The van der Waals surface area contributed by atoms with Gasteiger partial charge in [-0.3, -0.25) is 4.98 Å². The van der Waals surface area contributed by atoms with Crippen LogP contribution in [0.3, 0.4) is 0 Å². The van der Waals surface area contributed by atoms with E-state index in [-0.39, 0.29) is 0 Å². The van der Waals surface area contributed by atoms with Gasteiger partial charge in [-0.25, -0.2) is 0 Å². The lowest BCUT2D eigenvalue weighted by Crippen LogP contribution is -2.26. The Bertz CT molecular complexity index is 495. The Balaban J connectivity index is 2.52. The van der Waals surface area contributed by atoms with Crippen molar-refractivity contribution >= 4 is 0 Å². The van der Waals surface area contributed by atoms with Gasteiger partial charge in [0.05, 0.1) is 0 Å². The third-order valence-electron chi connectivity index (χ3n) is 3.12. The van der Waals surface area contributed by atoms with Gasteiger partial charge in [-0.2, -0.15) is 0 Å². The molecule has 0 saturated carbocycles. The third-order valence-corrected chi connectivity index (χ3v) is 3.12. The summed E-state index contributed by atoms with van der Waals surface area (Å²) in [4.78, 5) is 4.16. The molecular formula is C15H17NO. The van der Waals surface area contributed by atoms with Crippen LogP contribution in [-0.2, 0) is 5.60 Å². The zero-order valence-electron chi connectivity index (χ0n) is 10.2. The molecule has 0 saturated heterocycles. The van der Waals surface area contributed by atoms with Crippen molar-refractivity contribution in [1.82, 2.24) is 4.98 Å². The molecule has 0 amide bonds. The Hall–Kier alpha value is -1.67. The van der Waals surface area contributed by atoms with Gasteiger partial charge in [-0.05, 0) is 30.5 Å². The van der Waals surface area contributed by atoms with Crippen molar-refractivity contribution in [2.45, 2.75) is 25.9 Å². The number of nitrogens with zero attached hydrogens (tertiary/aromatic N) is 1. The fraction of sp³-hybridized carbons (Fsp3) is 0.267. The van der Waals surface area contributed by atoms with Gasteiger partial charge in [0.2, 0.25) is 0 Å². The highest BCUT2D eigenvalue weighted by molar-refractivity contribution is 5.35. The molecule has 88 valence electrons. The summed E-state index contributed by atoms with van der Waals surface area (Å²) < 4.78 is 0. The molecule has 1 aromatic carbocycles. The quantitative estimate of drug-likeness (QED) is 0.874. The van der Waals surface area contributed by atoms with E-state index in [0.29, 0.717) is 6.42 Å². The molecule has 2 heteroatoms. The average molecular weight is 227 g/mol. The Morgan fingerprint density at radius 2 is 1.82 bits per heavy atom. The molecule has 1 atom stereocenters. The second-order valence-electron chi connectivity index (χ2n) is 4.33. The van der Waals surface area contributed by atoms with Crippen molar-refractivity contribution in [2.24, 2.45) is 0 Å². The topological polar surface area (TPSA) is 33.1 Å². The Kier molecular flexibility index (Phi) is 3.25. The van der Waals surface area contributed by atoms with Gasteiger partial charge in [-0.1, -0.05) is 37.3 Å². The van der Waals surface area contributed by atoms with E-state index in [2.05, 4.69) is 4.98 Å². The van der Waals surface area contributed by atoms with Crippen LogP contribution in [0.4, 0.5) is 0 Å². The number of pyridine rings is 1. The van der Waals surface area contributed by atoms with Gasteiger partial charge >= 0.3 is 0 Å². The Labute approximate surface area is 102 Å². The summed E-state index contributed by atoms with van der Waals surface area (Å²) in [7, 11) is 0. The number of rotatable bonds is 3. The Morgan fingerprint density at radius 1 is 1.12 bits per heavy atom. The molecule has 2 rings (SSSR count). The van der Waals surface area contributed by atoms with Crippen molar-refractivity contribution in [3.63, 3.8) is 0 Å². The number of hydrogen-bond donors (Lipinski definition) is 1. The molecule has 0 radical (unpaired) electrons. The van der Waals surface area contributed by atoms with Crippen LogP contribution in [0.2, 0.25) is 0 Å². The fourth-order valence-corrected chi connectivity index (χ4v) is 2.07. The maximum Gasteiger partial charge on any atom is 0.116 e. The van der Waals surface area contributed by atoms with E-state index in [9.17, 15) is 5.11 Å². The minimum atomic E-state index is -0.944. The van der Waals surface area contributed by atoms with Crippen LogP contribution in [0.15, 0.2) is 48.8 Å². The first-order valence-electron chi connectivity index (χ1n) is 5.87. The number of aryl methyl sites for hydroxylation is 1. The van der Waals surface area contributed by atoms with Gasteiger partial charge < -0.3 is 5.11 Å². The van der Waals surface area contributed by atoms with E-state index >= 15 is 0 Å². The SMILES string of the molecule is CCC(O)(c1ccccc1)c1cncc(C)c1. The zero-order valence-corrected chi connectivity index (χ0v) is 10.2. The average Bonchev–Trinajstić information content (AvgIpc) is 2.39. The van der Waals surface area contributed by atoms with Gasteiger partial charge in [-0.15, -0.1) is 0 Å². The molecule has 0 fully saturated rings. The minimum absolute atomic E-state index is 0.627. The van der Waals surface area contributed by atoms with E-state index in [1.807, 2.05) is 50.2 Å². The van der Waals surface area contributed by atoms with Crippen molar-refractivity contribution in [3.8, 4) is 0 Å². The van der Waals surface area contributed by atoms with E-state index in [0.717, 1.165) is 16.7 Å². The van der Waals surface area contributed by atoms with E-state index in [4.69, 9.17) is 0 Å². The highest BCUT2D eigenvalue weighted by Gasteiger charge is 2.29. The Morgan fingerprint density at radius 3 is 2.41 bits per heavy atom. The minimum Gasteiger partial charge on any atom is -0.380 e. The van der Waals surface area contributed by atoms with Gasteiger partial charge in [0, 0.05) is 18.0 Å². The highest BCUT2D eigenvalue weighted by atomic mass is 16.3. The normalized spacial score (nSPS) is 14.3. The number of hydrogen-bond acceptors (Lipinski definition) is 2. The van der Waals surface area contributed by atoms with Crippen LogP contribution >= 0.6 is 0 Å². The monoisotopic (exact) mass is 227 g/mol. The summed E-state index contributed by atoms with van der Waals surface area (Å²) >= 11 is 0. The van der Waals surface area contributed by atoms with E-state index in [1.54, 1.807) is 12.4 Å². The molecule has 1 unspecified atom stereocenters. The highest BCUT2D eigenvalue weighted by Crippen LogP contribution is 2.32. The summed E-state index contributed by atoms with van der Waals surface area (Å²) in [6.45, 7) is 3.97. The molecule has 0 bridgehead atoms. The van der Waals surface area contributed by atoms with Crippen molar-refractivity contribution in [1.29, 1.82) is 0 Å². The van der Waals surface area contributed by atoms with E-state index < -0.39 is 5.60 Å². The van der Waals surface area contributed by atoms with Crippen LogP contribution in [0.5, 0.6) is 0 Å². The first-order valence-corrected chi connectivity index (χ1v) is 5.87. The van der Waals surface area contributed by atoms with Crippen LogP contribution in [0, 0.1) is 6.92 Å². The second kappa shape index (κ2) is 4.68. The predicted molar refractivity (Wildman–Crippen MR) is 68.7 cm³/mol. The van der Waals surface area contributed by atoms with Crippen LogP contribution in [-0.4, -0.2) is 10.1 Å². The smallest absolute Gasteiger partial charge is 0.116 e. The van der Waals surface area contributed by atoms with Gasteiger partial charge in [0.15, 0.2) is 0 Å². The maximum absolute atomic E-state index is 10.8. The van der Waals surface area contributed by atoms with Crippen LogP contribution in [0.25, 0.3) is 0 Å². The molecule has 0 aliphatic carbocycles. The maximum atomic E-state index is 10.8. The standard InChI is InChI=1S/C15H17NO/c1-3-15(17,13-7-5-4-6-8-13)14-9-12(2)10-16-11-14/h4-11,17H,3H2,1-2H3. The van der Waals surface area contributed by atoms with Crippen molar-refractivity contribution in [2.75, 3.05) is 0 Å². The second-order valence-corrected chi connectivity index (χ2v) is 4.33. The lowest BCUT2D eigenvalue weighted by atomic mass is 9.85. The molecule has 1 N–H and O–H groups in total. The summed E-state index contributed by atoms with van der Waals surface area (Å²) in [5, 5.41) is 10.8. The lowest BCUT2D eigenvalue weighted by molar-refractivity contribution is 0.0761. The first kappa shape index (κ1) is 11.8. The third kappa shape index (κ3) is 2.22. The molecule has 1 aromatic heterocycles. The zero-order chi connectivity index (χ0) is 12.3. The largest absolute Gasteiger partial charge is 0.380 e. The van der Waals surface area contributed by atoms with Crippen LogP contribution in [0.1, 0.15) is 30.0 Å². The summed E-state index contributed by atoms with van der Waals surface area (Å²) in [5.41, 5.74) is 1.88. The van der Waals surface area contributed by atoms with Gasteiger partial charge in [0.1, 0.15) is 5.60 Å². The predicted octanol–water partition coefficient (Wildman–Crippen LogP) is 3.04. The summed E-state index contributed by atoms with van der Waals surface area (Å²) in [6, 6.07) is 11.7. The van der Waals surface area contributed by atoms with Crippen molar-refractivity contribution < 1.29 is 5.11 Å². The fourth-order valence-electron chi connectivity index (χ4n) is 2.07. The first-order chi connectivity index (χ1) is 8.16. The molecule has 0 spiro atoms. The molecular weight excluding hydrogens is 210 g/mol. The number of benzene rings is 1. The number of aliphatic hydroxyl groups is 1. The molecule has 1 heterocycles. The molecule has 0 aliphatic heterocycles. The van der Waals surface area contributed by atoms with Gasteiger partial charge in [0.25, 0.3) is 0 Å². The molecule has 0 aliphatic rings. The number of aromatic nitrogens is 1. The summed E-state index contributed by atoms with van der Waals surface area (Å²) in [5.74, 6) is 0. The van der Waals surface area contributed by atoms with E-state index in [1.165, 1.54) is 0 Å². The summed E-state index contributed by atoms with van der Waals surface area (Å²) in [6.07, 6.45) is 4.16. The van der Waals surface area contributed by atoms with Crippen molar-refractivity contribution in [3.05, 3.63) is 65.5 Å². The molecule has 17 heavy (non-hydrogen) atoms.